The predicted octanol–water partition coefficient (Wildman–Crippen LogP) is 3.43. The average molecular weight is 226 g/mol. The molecule has 0 rings (SSSR count). The van der Waals surface area contributed by atoms with Gasteiger partial charge < -0.3 is 8.85 Å². The van der Waals surface area contributed by atoms with Crippen LogP contribution in [0.2, 0.25) is 11.6 Å². The quantitative estimate of drug-likeness (QED) is 0.466. The van der Waals surface area contributed by atoms with E-state index in [2.05, 4.69) is 19.7 Å². The fourth-order valence-electron chi connectivity index (χ4n) is 1.65. The zero-order valence-electron chi connectivity index (χ0n) is 10.1. The van der Waals surface area contributed by atoms with E-state index in [1.807, 2.05) is 38.6 Å². The van der Waals surface area contributed by atoms with Crippen LogP contribution in [0.4, 0.5) is 0 Å². The maximum Gasteiger partial charge on any atom is 0.353 e. The fraction of sp³-hybridized carbons (Fsp3) is 0.500. The number of rotatable bonds is 8. The van der Waals surface area contributed by atoms with Crippen molar-refractivity contribution in [1.29, 1.82) is 0 Å². The summed E-state index contributed by atoms with van der Waals surface area (Å²) in [4.78, 5) is 0. The highest BCUT2D eigenvalue weighted by Gasteiger charge is 2.48. The molecule has 0 N–H and O–H groups in total. The van der Waals surface area contributed by atoms with E-state index in [1.165, 1.54) is 0 Å². The second-order valence-corrected chi connectivity index (χ2v) is 6.69. The van der Waals surface area contributed by atoms with Crippen molar-refractivity contribution in [2.45, 2.75) is 25.4 Å². The molecular weight excluding hydrogens is 204 g/mol. The van der Waals surface area contributed by atoms with Gasteiger partial charge >= 0.3 is 8.56 Å². The van der Waals surface area contributed by atoms with E-state index in [1.54, 1.807) is 0 Å². The summed E-state index contributed by atoms with van der Waals surface area (Å²) in [6.45, 7) is 18.7. The van der Waals surface area contributed by atoms with Crippen molar-refractivity contribution in [3.8, 4) is 0 Å². The van der Waals surface area contributed by atoms with Crippen LogP contribution < -0.4 is 0 Å². The van der Waals surface area contributed by atoms with Gasteiger partial charge in [0.05, 0.1) is 5.04 Å². The minimum Gasteiger partial charge on any atom is -0.394 e. The first-order valence-corrected chi connectivity index (χ1v) is 7.56. The second kappa shape index (κ2) is 6.05. The molecule has 0 amide bonds. The first kappa shape index (κ1) is 14.4. The lowest BCUT2D eigenvalue weighted by Gasteiger charge is -2.39. The zero-order chi connectivity index (χ0) is 11.9. The first-order valence-electron chi connectivity index (χ1n) is 5.24. The molecule has 15 heavy (non-hydrogen) atoms. The monoisotopic (exact) mass is 226 g/mol. The summed E-state index contributed by atoms with van der Waals surface area (Å²) in [5, 5.41) is -0.432. The van der Waals surface area contributed by atoms with Crippen molar-refractivity contribution < 1.29 is 8.85 Å². The van der Waals surface area contributed by atoms with Gasteiger partial charge in [-0.2, -0.15) is 0 Å². The molecule has 2 nitrogen and oxygen atoms in total. The lowest BCUT2D eigenvalue weighted by atomic mass is 10.1. The van der Waals surface area contributed by atoms with Crippen LogP contribution in [0.5, 0.6) is 0 Å². The van der Waals surface area contributed by atoms with Crippen LogP contribution in [0, 0.1) is 0 Å². The molecule has 0 spiro atoms. The molecule has 0 aliphatic rings. The highest BCUT2D eigenvalue weighted by atomic mass is 28.4. The molecule has 0 aromatic heterocycles. The molecule has 3 heteroatoms. The Morgan fingerprint density at radius 1 is 1.00 bits per heavy atom. The Morgan fingerprint density at radius 2 is 1.33 bits per heavy atom. The van der Waals surface area contributed by atoms with Gasteiger partial charge in [0, 0.05) is 13.2 Å². The maximum absolute atomic E-state index is 5.81. The third kappa shape index (κ3) is 2.68. The maximum atomic E-state index is 5.81. The van der Waals surface area contributed by atoms with Gasteiger partial charge in [0.25, 0.3) is 0 Å². The van der Waals surface area contributed by atoms with Crippen LogP contribution in [0.1, 0.15) is 13.8 Å². The highest BCUT2D eigenvalue weighted by molar-refractivity contribution is 6.71. The zero-order valence-corrected chi connectivity index (χ0v) is 11.1. The van der Waals surface area contributed by atoms with Crippen molar-refractivity contribution in [2.24, 2.45) is 0 Å². The molecule has 0 unspecified atom stereocenters. The van der Waals surface area contributed by atoms with Gasteiger partial charge in [-0.25, -0.2) is 0 Å². The van der Waals surface area contributed by atoms with E-state index in [0.717, 1.165) is 0 Å². The fourth-order valence-corrected chi connectivity index (χ4v) is 4.45. The van der Waals surface area contributed by atoms with E-state index in [-0.39, 0.29) is 0 Å². The average Bonchev–Trinajstić information content (AvgIpc) is 2.21. The molecule has 86 valence electrons. The summed E-state index contributed by atoms with van der Waals surface area (Å²) in [5.41, 5.74) is 0. The van der Waals surface area contributed by atoms with E-state index < -0.39 is 13.6 Å². The summed E-state index contributed by atoms with van der Waals surface area (Å²) < 4.78 is 11.6. The SMILES string of the molecule is C=CC(C=C)(C=C)[Si](C)(OCC)OCC. The van der Waals surface area contributed by atoms with Gasteiger partial charge in [-0.1, -0.05) is 18.2 Å². The topological polar surface area (TPSA) is 18.5 Å². The Kier molecular flexibility index (Phi) is 5.79. The van der Waals surface area contributed by atoms with Crippen LogP contribution in [0.25, 0.3) is 0 Å². The number of hydrogen-bond acceptors (Lipinski definition) is 2. The lowest BCUT2D eigenvalue weighted by Crippen LogP contribution is -2.48. The first-order chi connectivity index (χ1) is 7.05. The van der Waals surface area contributed by atoms with Crippen LogP contribution in [0.3, 0.4) is 0 Å². The molecule has 0 fully saturated rings. The van der Waals surface area contributed by atoms with E-state index in [9.17, 15) is 0 Å². The molecule has 0 aliphatic heterocycles. The molecule has 0 aromatic carbocycles. The summed E-state index contributed by atoms with van der Waals surface area (Å²) >= 11 is 0. The van der Waals surface area contributed by atoms with Crippen molar-refractivity contribution in [3.63, 3.8) is 0 Å². The molecule has 0 heterocycles. The molecule has 0 radical (unpaired) electrons. The molecule has 0 atom stereocenters. The third-order valence-electron chi connectivity index (χ3n) is 2.64. The third-order valence-corrected chi connectivity index (χ3v) is 6.50. The van der Waals surface area contributed by atoms with Crippen molar-refractivity contribution >= 4 is 8.56 Å². The van der Waals surface area contributed by atoms with Crippen LogP contribution in [-0.2, 0) is 8.85 Å². The second-order valence-electron chi connectivity index (χ2n) is 3.36. The predicted molar refractivity (Wildman–Crippen MR) is 68.2 cm³/mol. The number of hydrogen-bond donors (Lipinski definition) is 0. The van der Waals surface area contributed by atoms with Crippen molar-refractivity contribution in [1.82, 2.24) is 0 Å². The largest absolute Gasteiger partial charge is 0.394 e. The highest BCUT2D eigenvalue weighted by Crippen LogP contribution is 2.43. The van der Waals surface area contributed by atoms with Gasteiger partial charge in [-0.3, -0.25) is 0 Å². The molecule has 0 saturated carbocycles. The summed E-state index contributed by atoms with van der Waals surface area (Å²) in [5.74, 6) is 0. The molecule has 0 aliphatic carbocycles. The normalized spacial score (nSPS) is 12.2. The molecule has 0 aromatic rings. The van der Waals surface area contributed by atoms with Crippen molar-refractivity contribution in [2.75, 3.05) is 13.2 Å². The summed E-state index contributed by atoms with van der Waals surface area (Å²) in [7, 11) is -2.38. The Hall–Kier alpha value is -0.643. The standard InChI is InChI=1S/C12H22O2Si/c1-7-12(8-2,9-3)15(6,13-10-4)14-11-5/h7-9H,1-3,10-11H2,4-6H3. The number of allylic oxidation sites excluding steroid dienone is 3. The van der Waals surface area contributed by atoms with Gasteiger partial charge in [0.1, 0.15) is 0 Å². The molecular formula is C12H22O2Si. The van der Waals surface area contributed by atoms with Crippen molar-refractivity contribution in [3.05, 3.63) is 38.0 Å². The van der Waals surface area contributed by atoms with Crippen LogP contribution in [0.15, 0.2) is 38.0 Å². The van der Waals surface area contributed by atoms with Gasteiger partial charge in [0.2, 0.25) is 0 Å². The van der Waals surface area contributed by atoms with Crippen LogP contribution >= 0.6 is 0 Å². The Bertz CT molecular complexity index is 208. The Labute approximate surface area is 94.5 Å². The van der Waals surface area contributed by atoms with Gasteiger partial charge in [-0.15, -0.1) is 19.7 Å². The summed E-state index contributed by atoms with van der Waals surface area (Å²) in [6.07, 6.45) is 5.43. The molecule has 0 bridgehead atoms. The van der Waals surface area contributed by atoms with Gasteiger partial charge in [-0.05, 0) is 20.4 Å². The molecule has 0 saturated heterocycles. The van der Waals surface area contributed by atoms with E-state index in [4.69, 9.17) is 8.85 Å². The van der Waals surface area contributed by atoms with E-state index >= 15 is 0 Å². The lowest BCUT2D eigenvalue weighted by molar-refractivity contribution is 0.180. The smallest absolute Gasteiger partial charge is 0.353 e. The van der Waals surface area contributed by atoms with Gasteiger partial charge in [0.15, 0.2) is 0 Å². The minimum absolute atomic E-state index is 0.432. The minimum atomic E-state index is -2.38. The Morgan fingerprint density at radius 3 is 1.53 bits per heavy atom. The van der Waals surface area contributed by atoms with E-state index in [0.29, 0.717) is 13.2 Å². The Balaban J connectivity index is 5.24. The summed E-state index contributed by atoms with van der Waals surface area (Å²) in [6, 6.07) is 0. The van der Waals surface area contributed by atoms with Crippen LogP contribution in [-0.4, -0.2) is 21.8 Å².